The second-order valence-electron chi connectivity index (χ2n) is 7.68. The van der Waals surface area contributed by atoms with Crippen LogP contribution in [0, 0.1) is 5.92 Å². The lowest BCUT2D eigenvalue weighted by molar-refractivity contribution is -0.126. The van der Waals surface area contributed by atoms with Gasteiger partial charge in [0.15, 0.2) is 0 Å². The number of rotatable bonds is 5. The van der Waals surface area contributed by atoms with Crippen LogP contribution in [-0.4, -0.2) is 55.5 Å². The maximum absolute atomic E-state index is 12.6. The summed E-state index contributed by atoms with van der Waals surface area (Å²) in [4.78, 5) is 41.0. The molecule has 2 heterocycles. The lowest BCUT2D eigenvalue weighted by atomic mass is 10.1. The molecule has 2 fully saturated rings. The lowest BCUT2D eigenvalue weighted by Gasteiger charge is -2.26. The minimum absolute atomic E-state index is 0.00415. The monoisotopic (exact) mass is 485 g/mol. The Labute approximate surface area is 189 Å². The molecule has 31 heavy (non-hydrogen) atoms. The van der Waals surface area contributed by atoms with Gasteiger partial charge in [0.05, 0.1) is 24.8 Å². The lowest BCUT2D eigenvalue weighted by Crippen LogP contribution is -2.40. The second-order valence-corrected chi connectivity index (χ2v) is 8.53. The van der Waals surface area contributed by atoms with E-state index in [0.29, 0.717) is 45.0 Å². The standard InChI is InChI=1S/C23H24BrN3O4/c24-19-3-1-2-4-20(19)27-15-18(13-21(27)28)22(29)25-14-16-5-7-17(8-6-16)23(30)26-9-11-31-12-10-26/h1-8,18H,9-15H2,(H,25,29). The number of amides is 3. The van der Waals surface area contributed by atoms with Gasteiger partial charge in [-0.3, -0.25) is 14.4 Å². The summed E-state index contributed by atoms with van der Waals surface area (Å²) < 4.78 is 6.11. The van der Waals surface area contributed by atoms with E-state index in [1.54, 1.807) is 21.9 Å². The average molecular weight is 486 g/mol. The molecular weight excluding hydrogens is 462 g/mol. The van der Waals surface area contributed by atoms with Gasteiger partial charge in [-0.1, -0.05) is 24.3 Å². The molecule has 2 aromatic carbocycles. The smallest absolute Gasteiger partial charge is 0.254 e. The van der Waals surface area contributed by atoms with Gasteiger partial charge in [-0.2, -0.15) is 0 Å². The van der Waals surface area contributed by atoms with Gasteiger partial charge in [0, 0.05) is 42.6 Å². The summed E-state index contributed by atoms with van der Waals surface area (Å²) in [5.41, 5.74) is 2.31. The molecule has 8 heteroatoms. The van der Waals surface area contributed by atoms with E-state index in [4.69, 9.17) is 4.74 Å². The topological polar surface area (TPSA) is 79.0 Å². The van der Waals surface area contributed by atoms with Crippen molar-refractivity contribution in [1.29, 1.82) is 0 Å². The zero-order valence-electron chi connectivity index (χ0n) is 17.1. The number of carbonyl (C=O) groups is 3. The Bertz CT molecular complexity index is 973. The first-order chi connectivity index (χ1) is 15.0. The predicted molar refractivity (Wildman–Crippen MR) is 120 cm³/mol. The van der Waals surface area contributed by atoms with E-state index in [-0.39, 0.29) is 30.1 Å². The number of hydrogen-bond donors (Lipinski definition) is 1. The van der Waals surface area contributed by atoms with Crippen molar-refractivity contribution in [2.75, 3.05) is 37.7 Å². The number of halogens is 1. The molecule has 2 aliphatic rings. The highest BCUT2D eigenvalue weighted by Gasteiger charge is 2.35. The van der Waals surface area contributed by atoms with Gasteiger partial charge in [0.1, 0.15) is 0 Å². The number of para-hydroxylation sites is 1. The van der Waals surface area contributed by atoms with Crippen molar-refractivity contribution in [3.8, 4) is 0 Å². The Morgan fingerprint density at radius 1 is 1.06 bits per heavy atom. The average Bonchev–Trinajstić information content (AvgIpc) is 3.19. The third-order valence-corrected chi connectivity index (χ3v) is 6.28. The Kier molecular flexibility index (Phi) is 6.67. The van der Waals surface area contributed by atoms with E-state index in [2.05, 4.69) is 21.2 Å². The fourth-order valence-electron chi connectivity index (χ4n) is 3.83. The summed E-state index contributed by atoms with van der Waals surface area (Å²) in [6.07, 6.45) is 0.195. The Morgan fingerprint density at radius 2 is 1.77 bits per heavy atom. The van der Waals surface area contributed by atoms with Crippen LogP contribution in [0.15, 0.2) is 53.0 Å². The van der Waals surface area contributed by atoms with Crippen LogP contribution >= 0.6 is 15.9 Å². The molecule has 0 aromatic heterocycles. The van der Waals surface area contributed by atoms with E-state index in [1.165, 1.54) is 0 Å². The largest absolute Gasteiger partial charge is 0.378 e. The number of nitrogens with zero attached hydrogens (tertiary/aromatic N) is 2. The molecule has 0 saturated carbocycles. The van der Waals surface area contributed by atoms with Gasteiger partial charge in [0.25, 0.3) is 5.91 Å². The van der Waals surface area contributed by atoms with Crippen LogP contribution in [0.2, 0.25) is 0 Å². The zero-order chi connectivity index (χ0) is 21.8. The van der Waals surface area contributed by atoms with Crippen molar-refractivity contribution in [3.63, 3.8) is 0 Å². The molecule has 0 radical (unpaired) electrons. The quantitative estimate of drug-likeness (QED) is 0.705. The van der Waals surface area contributed by atoms with E-state index in [1.807, 2.05) is 36.4 Å². The van der Waals surface area contributed by atoms with Crippen LogP contribution in [0.4, 0.5) is 5.69 Å². The van der Waals surface area contributed by atoms with Crippen LogP contribution in [0.1, 0.15) is 22.3 Å². The van der Waals surface area contributed by atoms with E-state index >= 15 is 0 Å². The summed E-state index contributed by atoms with van der Waals surface area (Å²) >= 11 is 3.47. The highest BCUT2D eigenvalue weighted by atomic mass is 79.9. The maximum atomic E-state index is 12.6. The van der Waals surface area contributed by atoms with E-state index in [0.717, 1.165) is 15.7 Å². The van der Waals surface area contributed by atoms with Crippen molar-refractivity contribution >= 4 is 39.3 Å². The first kappa shape index (κ1) is 21.5. The van der Waals surface area contributed by atoms with Crippen LogP contribution in [0.5, 0.6) is 0 Å². The van der Waals surface area contributed by atoms with Crippen molar-refractivity contribution in [3.05, 3.63) is 64.1 Å². The fourth-order valence-corrected chi connectivity index (χ4v) is 4.33. The first-order valence-electron chi connectivity index (χ1n) is 10.3. The number of carbonyl (C=O) groups excluding carboxylic acids is 3. The number of nitrogens with one attached hydrogen (secondary N) is 1. The molecule has 2 saturated heterocycles. The number of benzene rings is 2. The van der Waals surface area contributed by atoms with Gasteiger partial charge < -0.3 is 19.9 Å². The number of hydrogen-bond acceptors (Lipinski definition) is 4. The molecule has 1 atom stereocenters. The van der Waals surface area contributed by atoms with Crippen molar-refractivity contribution in [2.24, 2.45) is 5.92 Å². The molecule has 0 bridgehead atoms. The first-order valence-corrected chi connectivity index (χ1v) is 11.1. The van der Waals surface area contributed by atoms with Crippen LogP contribution < -0.4 is 10.2 Å². The minimum atomic E-state index is -0.387. The molecular formula is C23H24BrN3O4. The summed E-state index contributed by atoms with van der Waals surface area (Å²) in [5.74, 6) is -0.591. The highest BCUT2D eigenvalue weighted by Crippen LogP contribution is 2.31. The van der Waals surface area contributed by atoms with Crippen LogP contribution in [0.25, 0.3) is 0 Å². The van der Waals surface area contributed by atoms with Gasteiger partial charge in [-0.25, -0.2) is 0 Å². The Hall–Kier alpha value is -2.71. The summed E-state index contributed by atoms with van der Waals surface area (Å²) in [6.45, 7) is 3.06. The van der Waals surface area contributed by atoms with Crippen molar-refractivity contribution in [2.45, 2.75) is 13.0 Å². The van der Waals surface area contributed by atoms with Crippen molar-refractivity contribution < 1.29 is 19.1 Å². The second kappa shape index (κ2) is 9.62. The molecule has 3 amide bonds. The number of ether oxygens (including phenoxy) is 1. The summed E-state index contributed by atoms with van der Waals surface area (Å²) in [6, 6.07) is 14.8. The van der Waals surface area contributed by atoms with Crippen LogP contribution in [-0.2, 0) is 20.9 Å². The Morgan fingerprint density at radius 3 is 2.48 bits per heavy atom. The zero-order valence-corrected chi connectivity index (χ0v) is 18.6. The van der Waals surface area contributed by atoms with Gasteiger partial charge in [-0.05, 0) is 45.8 Å². The fraction of sp³-hybridized carbons (Fsp3) is 0.348. The Balaban J connectivity index is 1.31. The minimum Gasteiger partial charge on any atom is -0.378 e. The molecule has 1 N–H and O–H groups in total. The van der Waals surface area contributed by atoms with E-state index < -0.39 is 0 Å². The molecule has 2 aliphatic heterocycles. The normalized spacial score (nSPS) is 18.9. The van der Waals surface area contributed by atoms with Gasteiger partial charge in [-0.15, -0.1) is 0 Å². The molecule has 7 nitrogen and oxygen atoms in total. The summed E-state index contributed by atoms with van der Waals surface area (Å²) in [5, 5.41) is 2.92. The van der Waals surface area contributed by atoms with Crippen LogP contribution in [0.3, 0.4) is 0 Å². The molecule has 162 valence electrons. The molecule has 0 aliphatic carbocycles. The highest BCUT2D eigenvalue weighted by molar-refractivity contribution is 9.10. The maximum Gasteiger partial charge on any atom is 0.254 e. The molecule has 0 spiro atoms. The third-order valence-electron chi connectivity index (χ3n) is 5.61. The SMILES string of the molecule is O=C(NCc1ccc(C(=O)N2CCOCC2)cc1)C1CC(=O)N(c2ccccc2Br)C1. The molecule has 4 rings (SSSR count). The molecule has 1 unspecified atom stereocenters. The third kappa shape index (κ3) is 4.97. The number of anilines is 1. The van der Waals surface area contributed by atoms with E-state index in [9.17, 15) is 14.4 Å². The van der Waals surface area contributed by atoms with Gasteiger partial charge in [0.2, 0.25) is 11.8 Å². The predicted octanol–water partition coefficient (Wildman–Crippen LogP) is 2.59. The number of morpholine rings is 1. The van der Waals surface area contributed by atoms with Gasteiger partial charge >= 0.3 is 0 Å². The summed E-state index contributed by atoms with van der Waals surface area (Å²) in [7, 11) is 0. The molecule has 2 aromatic rings. The van der Waals surface area contributed by atoms with Crippen molar-refractivity contribution in [1.82, 2.24) is 10.2 Å².